The Hall–Kier alpha value is -1.69. The van der Waals surface area contributed by atoms with E-state index < -0.39 is 15.8 Å². The molecule has 1 aliphatic heterocycles. The second-order valence-electron chi connectivity index (χ2n) is 4.69. The Kier molecular flexibility index (Phi) is 3.71. The lowest BCUT2D eigenvalue weighted by molar-refractivity contribution is -0.119. The number of para-hydroxylation sites is 1. The van der Waals surface area contributed by atoms with Crippen molar-refractivity contribution in [2.24, 2.45) is 5.92 Å². The molecule has 0 spiro atoms. The predicted molar refractivity (Wildman–Crippen MR) is 71.8 cm³/mol. The number of amides is 1. The number of rotatable bonds is 3. The highest BCUT2D eigenvalue weighted by Gasteiger charge is 2.33. The van der Waals surface area contributed by atoms with E-state index in [1.165, 1.54) is 6.92 Å². The van der Waals surface area contributed by atoms with E-state index >= 15 is 0 Å². The van der Waals surface area contributed by atoms with Gasteiger partial charge in [-0.3, -0.25) is 9.59 Å². The van der Waals surface area contributed by atoms with E-state index in [4.69, 9.17) is 0 Å². The van der Waals surface area contributed by atoms with Crippen LogP contribution in [0.5, 0.6) is 0 Å². The van der Waals surface area contributed by atoms with Gasteiger partial charge < -0.3 is 5.32 Å². The number of hydrogen-bond acceptors (Lipinski definition) is 4. The molecule has 0 saturated carbocycles. The molecule has 1 aromatic carbocycles. The van der Waals surface area contributed by atoms with Crippen LogP contribution in [0, 0.1) is 5.92 Å². The van der Waals surface area contributed by atoms with Crippen molar-refractivity contribution in [2.45, 2.75) is 13.3 Å². The minimum absolute atomic E-state index is 0.0550. The Labute approximate surface area is 111 Å². The molecule has 2 rings (SSSR count). The van der Waals surface area contributed by atoms with E-state index in [9.17, 15) is 18.0 Å². The van der Waals surface area contributed by atoms with Gasteiger partial charge in [0.1, 0.15) is 0 Å². The number of anilines is 1. The Morgan fingerprint density at radius 1 is 1.26 bits per heavy atom. The Morgan fingerprint density at radius 3 is 2.53 bits per heavy atom. The minimum atomic E-state index is -3.09. The smallest absolute Gasteiger partial charge is 0.228 e. The molecule has 1 amide bonds. The third-order valence-corrected chi connectivity index (χ3v) is 4.94. The van der Waals surface area contributed by atoms with Crippen LogP contribution in [0.3, 0.4) is 0 Å². The summed E-state index contributed by atoms with van der Waals surface area (Å²) in [6.07, 6.45) is 0.344. The molecule has 0 radical (unpaired) electrons. The molecule has 1 N–H and O–H groups in total. The number of carbonyl (C=O) groups excluding carboxylic acids is 2. The number of sulfone groups is 1. The standard InChI is InChI=1S/C13H15NO4S/c1-9(15)11-4-2-3-5-12(11)14-13(16)10-6-7-19(17,18)8-10/h2-5,10H,6-8H2,1H3,(H,14,16)/t10-/m1/s1. The molecule has 1 fully saturated rings. The highest BCUT2D eigenvalue weighted by Crippen LogP contribution is 2.22. The summed E-state index contributed by atoms with van der Waals surface area (Å²) in [7, 11) is -3.09. The summed E-state index contributed by atoms with van der Waals surface area (Å²) in [5.74, 6) is -1.06. The van der Waals surface area contributed by atoms with Gasteiger partial charge in [0, 0.05) is 5.56 Å². The van der Waals surface area contributed by atoms with Crippen LogP contribution in [0.1, 0.15) is 23.7 Å². The first-order chi connectivity index (χ1) is 8.89. The van der Waals surface area contributed by atoms with E-state index in [2.05, 4.69) is 5.32 Å². The van der Waals surface area contributed by atoms with Crippen molar-refractivity contribution in [1.29, 1.82) is 0 Å². The number of Topliss-reactive ketones (excluding diaryl/α,β-unsaturated/α-hetero) is 1. The molecule has 1 heterocycles. The lowest BCUT2D eigenvalue weighted by Gasteiger charge is -2.11. The monoisotopic (exact) mass is 281 g/mol. The lowest BCUT2D eigenvalue weighted by atomic mass is 10.1. The van der Waals surface area contributed by atoms with Crippen LogP contribution in [0.15, 0.2) is 24.3 Å². The fourth-order valence-electron chi connectivity index (χ4n) is 2.14. The van der Waals surface area contributed by atoms with Gasteiger partial charge in [0.25, 0.3) is 0 Å². The SMILES string of the molecule is CC(=O)c1ccccc1NC(=O)[C@@H]1CCS(=O)(=O)C1. The largest absolute Gasteiger partial charge is 0.325 e. The molecule has 0 aliphatic carbocycles. The van der Waals surface area contributed by atoms with Crippen LogP contribution in [-0.2, 0) is 14.6 Å². The van der Waals surface area contributed by atoms with E-state index in [1.54, 1.807) is 24.3 Å². The predicted octanol–water partition coefficient (Wildman–Crippen LogP) is 1.26. The molecule has 5 nitrogen and oxygen atoms in total. The fraction of sp³-hybridized carbons (Fsp3) is 0.385. The zero-order valence-corrected chi connectivity index (χ0v) is 11.4. The number of benzene rings is 1. The topological polar surface area (TPSA) is 80.3 Å². The number of hydrogen-bond donors (Lipinski definition) is 1. The molecular formula is C13H15NO4S. The highest BCUT2D eigenvalue weighted by molar-refractivity contribution is 7.91. The summed E-state index contributed by atoms with van der Waals surface area (Å²) in [5.41, 5.74) is 0.862. The summed E-state index contributed by atoms with van der Waals surface area (Å²) >= 11 is 0. The molecule has 102 valence electrons. The zero-order chi connectivity index (χ0) is 14.0. The maximum atomic E-state index is 12.0. The maximum Gasteiger partial charge on any atom is 0.228 e. The Morgan fingerprint density at radius 2 is 1.95 bits per heavy atom. The second-order valence-corrected chi connectivity index (χ2v) is 6.92. The van der Waals surface area contributed by atoms with Gasteiger partial charge in [0.2, 0.25) is 5.91 Å². The van der Waals surface area contributed by atoms with E-state index in [0.717, 1.165) is 0 Å². The van der Waals surface area contributed by atoms with Crippen molar-refractivity contribution in [3.05, 3.63) is 29.8 Å². The molecule has 1 saturated heterocycles. The zero-order valence-electron chi connectivity index (χ0n) is 10.5. The van der Waals surface area contributed by atoms with Crippen molar-refractivity contribution >= 4 is 27.2 Å². The van der Waals surface area contributed by atoms with Crippen LogP contribution >= 0.6 is 0 Å². The van der Waals surface area contributed by atoms with E-state index in [1.807, 2.05) is 0 Å². The molecular weight excluding hydrogens is 266 g/mol. The lowest BCUT2D eigenvalue weighted by Crippen LogP contribution is -2.24. The number of ketones is 1. The highest BCUT2D eigenvalue weighted by atomic mass is 32.2. The van der Waals surface area contributed by atoms with Crippen molar-refractivity contribution in [1.82, 2.24) is 0 Å². The normalized spacial score (nSPS) is 21.0. The van der Waals surface area contributed by atoms with E-state index in [-0.39, 0.29) is 23.2 Å². The van der Waals surface area contributed by atoms with Crippen molar-refractivity contribution in [2.75, 3.05) is 16.8 Å². The second kappa shape index (κ2) is 5.13. The fourth-order valence-corrected chi connectivity index (χ4v) is 3.88. The van der Waals surface area contributed by atoms with Gasteiger partial charge >= 0.3 is 0 Å². The third kappa shape index (κ3) is 3.20. The molecule has 19 heavy (non-hydrogen) atoms. The minimum Gasteiger partial charge on any atom is -0.325 e. The Bertz CT molecular complexity index is 621. The first-order valence-corrected chi connectivity index (χ1v) is 7.82. The molecule has 0 aromatic heterocycles. The van der Waals surface area contributed by atoms with E-state index in [0.29, 0.717) is 17.7 Å². The average molecular weight is 281 g/mol. The van der Waals surface area contributed by atoms with Crippen LogP contribution < -0.4 is 5.32 Å². The van der Waals surface area contributed by atoms with Gasteiger partial charge in [0.05, 0.1) is 23.1 Å². The summed E-state index contributed by atoms with van der Waals surface area (Å²) in [5, 5.41) is 2.65. The first kappa shape index (κ1) is 13.7. The van der Waals surface area contributed by atoms with Crippen molar-refractivity contribution < 1.29 is 18.0 Å². The molecule has 6 heteroatoms. The van der Waals surface area contributed by atoms with Crippen LogP contribution in [0.2, 0.25) is 0 Å². The average Bonchev–Trinajstić information content (AvgIpc) is 2.70. The maximum absolute atomic E-state index is 12.0. The van der Waals surface area contributed by atoms with Gasteiger partial charge in [-0.1, -0.05) is 12.1 Å². The van der Waals surface area contributed by atoms with Gasteiger partial charge in [-0.2, -0.15) is 0 Å². The third-order valence-electron chi connectivity index (χ3n) is 3.17. The summed E-state index contributed by atoms with van der Waals surface area (Å²) in [6.45, 7) is 1.42. The van der Waals surface area contributed by atoms with Gasteiger partial charge in [-0.15, -0.1) is 0 Å². The summed E-state index contributed by atoms with van der Waals surface area (Å²) in [4.78, 5) is 23.4. The molecule has 0 bridgehead atoms. The van der Waals surface area contributed by atoms with Crippen molar-refractivity contribution in [3.8, 4) is 0 Å². The van der Waals surface area contributed by atoms with Crippen LogP contribution in [0.4, 0.5) is 5.69 Å². The molecule has 1 aliphatic rings. The molecule has 1 atom stereocenters. The molecule has 1 aromatic rings. The summed E-state index contributed by atoms with van der Waals surface area (Å²) < 4.78 is 22.7. The van der Waals surface area contributed by atoms with Gasteiger partial charge in [-0.25, -0.2) is 8.42 Å². The van der Waals surface area contributed by atoms with Gasteiger partial charge in [-0.05, 0) is 25.5 Å². The number of nitrogens with one attached hydrogen (secondary N) is 1. The summed E-state index contributed by atoms with van der Waals surface area (Å²) in [6, 6.07) is 6.70. The van der Waals surface area contributed by atoms with Crippen LogP contribution in [0.25, 0.3) is 0 Å². The first-order valence-electron chi connectivity index (χ1n) is 6.00. The van der Waals surface area contributed by atoms with Gasteiger partial charge in [0.15, 0.2) is 15.6 Å². The van der Waals surface area contributed by atoms with Crippen molar-refractivity contribution in [3.63, 3.8) is 0 Å². The molecule has 0 unspecified atom stereocenters. The number of carbonyl (C=O) groups is 2. The Balaban J connectivity index is 2.14. The quantitative estimate of drug-likeness (QED) is 0.846. The van der Waals surface area contributed by atoms with Crippen LogP contribution in [-0.4, -0.2) is 31.6 Å².